The van der Waals surface area contributed by atoms with Crippen molar-refractivity contribution in [3.63, 3.8) is 0 Å². The lowest BCUT2D eigenvalue weighted by molar-refractivity contribution is 0.624. The third-order valence-corrected chi connectivity index (χ3v) is 3.13. The van der Waals surface area contributed by atoms with Gasteiger partial charge >= 0.3 is 0 Å². The molecule has 3 heteroatoms. The maximum atomic E-state index is 4.21. The molecule has 0 saturated carbocycles. The van der Waals surface area contributed by atoms with Crippen molar-refractivity contribution in [3.8, 4) is 0 Å². The molecule has 0 amide bonds. The van der Waals surface area contributed by atoms with E-state index in [9.17, 15) is 0 Å². The highest BCUT2D eigenvalue weighted by atomic mass is 15.4. The standard InChI is InChI=1S/C14H19N3/c1-3-12(13-8-6-5-7-9-13)10-14-11-17(4-2)16-15-14/h5-9,11-12H,3-4,10H2,1-2H3. The zero-order valence-electron chi connectivity index (χ0n) is 10.5. The van der Waals surface area contributed by atoms with E-state index in [-0.39, 0.29) is 0 Å². The van der Waals surface area contributed by atoms with E-state index in [0.717, 1.165) is 25.1 Å². The number of benzene rings is 1. The highest BCUT2D eigenvalue weighted by Gasteiger charge is 2.12. The first-order valence-corrected chi connectivity index (χ1v) is 6.27. The van der Waals surface area contributed by atoms with E-state index in [4.69, 9.17) is 0 Å². The molecule has 0 bridgehead atoms. The van der Waals surface area contributed by atoms with Crippen LogP contribution in [0.25, 0.3) is 0 Å². The van der Waals surface area contributed by atoms with Crippen LogP contribution in [0.2, 0.25) is 0 Å². The van der Waals surface area contributed by atoms with Crippen LogP contribution in [0.4, 0.5) is 0 Å². The topological polar surface area (TPSA) is 30.7 Å². The fourth-order valence-electron chi connectivity index (χ4n) is 2.06. The normalized spacial score (nSPS) is 12.6. The molecule has 0 aliphatic carbocycles. The average molecular weight is 229 g/mol. The molecule has 2 aromatic rings. The molecule has 0 fully saturated rings. The van der Waals surface area contributed by atoms with Crippen LogP contribution in [0.1, 0.15) is 37.4 Å². The summed E-state index contributed by atoms with van der Waals surface area (Å²) in [6.07, 6.45) is 4.15. The van der Waals surface area contributed by atoms with Crippen LogP contribution in [0.15, 0.2) is 36.5 Å². The van der Waals surface area contributed by atoms with Gasteiger partial charge in [0.05, 0.1) is 5.69 Å². The van der Waals surface area contributed by atoms with Gasteiger partial charge in [0.15, 0.2) is 0 Å². The van der Waals surface area contributed by atoms with Gasteiger partial charge in [-0.05, 0) is 31.2 Å². The largest absolute Gasteiger partial charge is 0.253 e. The Hall–Kier alpha value is -1.64. The summed E-state index contributed by atoms with van der Waals surface area (Å²) in [5, 5.41) is 8.30. The van der Waals surface area contributed by atoms with Crippen LogP contribution in [-0.2, 0) is 13.0 Å². The Morgan fingerprint density at radius 3 is 2.53 bits per heavy atom. The molecule has 0 aliphatic rings. The van der Waals surface area contributed by atoms with Gasteiger partial charge in [0.2, 0.25) is 0 Å². The zero-order chi connectivity index (χ0) is 12.1. The van der Waals surface area contributed by atoms with Crippen LogP contribution in [0, 0.1) is 0 Å². The van der Waals surface area contributed by atoms with Crippen molar-refractivity contribution in [2.24, 2.45) is 0 Å². The van der Waals surface area contributed by atoms with Crippen LogP contribution in [0.3, 0.4) is 0 Å². The number of aryl methyl sites for hydroxylation is 1. The monoisotopic (exact) mass is 229 g/mol. The fraction of sp³-hybridized carbons (Fsp3) is 0.429. The molecule has 17 heavy (non-hydrogen) atoms. The van der Waals surface area contributed by atoms with Crippen molar-refractivity contribution in [2.75, 3.05) is 0 Å². The van der Waals surface area contributed by atoms with Crippen molar-refractivity contribution in [1.29, 1.82) is 0 Å². The van der Waals surface area contributed by atoms with Crippen LogP contribution >= 0.6 is 0 Å². The van der Waals surface area contributed by atoms with Gasteiger partial charge in [-0.2, -0.15) is 0 Å². The maximum Gasteiger partial charge on any atom is 0.0833 e. The smallest absolute Gasteiger partial charge is 0.0833 e. The highest BCUT2D eigenvalue weighted by molar-refractivity contribution is 5.20. The van der Waals surface area contributed by atoms with E-state index in [0.29, 0.717) is 5.92 Å². The SMILES string of the molecule is CCC(Cc1cn(CC)nn1)c1ccccc1. The first kappa shape index (κ1) is 11.8. The summed E-state index contributed by atoms with van der Waals surface area (Å²) in [6.45, 7) is 5.18. The molecule has 0 saturated heterocycles. The Morgan fingerprint density at radius 2 is 1.94 bits per heavy atom. The number of nitrogens with zero attached hydrogens (tertiary/aromatic N) is 3. The summed E-state index contributed by atoms with van der Waals surface area (Å²) in [6, 6.07) is 10.6. The van der Waals surface area contributed by atoms with E-state index >= 15 is 0 Å². The van der Waals surface area contributed by atoms with Crippen LogP contribution in [-0.4, -0.2) is 15.0 Å². The first-order valence-electron chi connectivity index (χ1n) is 6.27. The lowest BCUT2D eigenvalue weighted by Crippen LogP contribution is -2.02. The molecular weight excluding hydrogens is 210 g/mol. The summed E-state index contributed by atoms with van der Waals surface area (Å²) >= 11 is 0. The Kier molecular flexibility index (Phi) is 3.91. The number of hydrogen-bond acceptors (Lipinski definition) is 2. The minimum Gasteiger partial charge on any atom is -0.253 e. The third-order valence-electron chi connectivity index (χ3n) is 3.13. The molecule has 0 aliphatic heterocycles. The lowest BCUT2D eigenvalue weighted by atomic mass is 9.92. The molecule has 0 N–H and O–H groups in total. The van der Waals surface area contributed by atoms with Gasteiger partial charge in [-0.15, -0.1) is 5.10 Å². The molecular formula is C14H19N3. The van der Waals surface area contributed by atoms with Gasteiger partial charge in [0.25, 0.3) is 0 Å². The van der Waals surface area contributed by atoms with E-state index in [1.165, 1.54) is 5.56 Å². The second-order valence-electron chi connectivity index (χ2n) is 4.29. The van der Waals surface area contributed by atoms with E-state index in [1.54, 1.807) is 0 Å². The Bertz CT molecular complexity index is 448. The van der Waals surface area contributed by atoms with Crippen LogP contribution < -0.4 is 0 Å². The minimum atomic E-state index is 0.540. The summed E-state index contributed by atoms with van der Waals surface area (Å²) in [4.78, 5) is 0. The highest BCUT2D eigenvalue weighted by Crippen LogP contribution is 2.22. The van der Waals surface area contributed by atoms with Gasteiger partial charge in [0.1, 0.15) is 0 Å². The lowest BCUT2D eigenvalue weighted by Gasteiger charge is -2.13. The Labute approximate surface area is 102 Å². The number of hydrogen-bond donors (Lipinski definition) is 0. The van der Waals surface area contributed by atoms with E-state index in [2.05, 4.69) is 54.5 Å². The van der Waals surface area contributed by atoms with E-state index in [1.807, 2.05) is 10.9 Å². The maximum absolute atomic E-state index is 4.21. The molecule has 90 valence electrons. The van der Waals surface area contributed by atoms with E-state index < -0.39 is 0 Å². The average Bonchev–Trinajstić information content (AvgIpc) is 2.84. The van der Waals surface area contributed by atoms with Crippen molar-refractivity contribution < 1.29 is 0 Å². The molecule has 1 unspecified atom stereocenters. The summed E-state index contributed by atoms with van der Waals surface area (Å²) in [7, 11) is 0. The van der Waals surface area contributed by atoms with Crippen molar-refractivity contribution in [2.45, 2.75) is 39.2 Å². The zero-order valence-corrected chi connectivity index (χ0v) is 10.5. The number of rotatable bonds is 5. The van der Waals surface area contributed by atoms with Gasteiger partial charge < -0.3 is 0 Å². The number of aromatic nitrogens is 3. The van der Waals surface area contributed by atoms with Gasteiger partial charge in [-0.25, -0.2) is 0 Å². The van der Waals surface area contributed by atoms with Gasteiger partial charge in [0, 0.05) is 12.7 Å². The second-order valence-corrected chi connectivity index (χ2v) is 4.29. The predicted octanol–water partition coefficient (Wildman–Crippen LogP) is 3.03. The summed E-state index contributed by atoms with van der Waals surface area (Å²) < 4.78 is 1.88. The molecule has 1 aromatic carbocycles. The Balaban J connectivity index is 2.10. The predicted molar refractivity (Wildman–Crippen MR) is 68.9 cm³/mol. The second kappa shape index (κ2) is 5.62. The molecule has 0 spiro atoms. The molecule has 1 atom stereocenters. The van der Waals surface area contributed by atoms with Crippen LogP contribution in [0.5, 0.6) is 0 Å². The summed E-state index contributed by atoms with van der Waals surface area (Å²) in [5.74, 6) is 0.540. The minimum absolute atomic E-state index is 0.540. The van der Waals surface area contributed by atoms with Gasteiger partial charge in [-0.1, -0.05) is 42.5 Å². The van der Waals surface area contributed by atoms with Crippen molar-refractivity contribution in [1.82, 2.24) is 15.0 Å². The molecule has 3 nitrogen and oxygen atoms in total. The summed E-state index contributed by atoms with van der Waals surface area (Å²) in [5.41, 5.74) is 2.48. The van der Waals surface area contributed by atoms with Gasteiger partial charge in [-0.3, -0.25) is 4.68 Å². The molecule has 0 radical (unpaired) electrons. The fourth-order valence-corrected chi connectivity index (χ4v) is 2.06. The first-order chi connectivity index (χ1) is 8.33. The molecule has 1 aromatic heterocycles. The van der Waals surface area contributed by atoms with Crippen molar-refractivity contribution in [3.05, 3.63) is 47.8 Å². The third kappa shape index (κ3) is 2.93. The Morgan fingerprint density at radius 1 is 1.18 bits per heavy atom. The van der Waals surface area contributed by atoms with Crippen molar-refractivity contribution >= 4 is 0 Å². The molecule has 1 heterocycles. The molecule has 2 rings (SSSR count). The quantitative estimate of drug-likeness (QED) is 0.789.